The standard InChI is InChI=1S/C18H18N2/c1-19-14-6-5-8-16(19)12-13-17-11-10-15-7-3-4-9-18(15)20(17)2/h3-14H,1-2H3/q+2. The molecule has 0 aliphatic carbocycles. The van der Waals surface area contributed by atoms with E-state index in [0.717, 1.165) is 0 Å². The summed E-state index contributed by atoms with van der Waals surface area (Å²) in [5.74, 6) is 0. The van der Waals surface area contributed by atoms with E-state index in [1.807, 2.05) is 6.07 Å². The van der Waals surface area contributed by atoms with Gasteiger partial charge in [-0.25, -0.2) is 4.57 Å². The van der Waals surface area contributed by atoms with E-state index in [4.69, 9.17) is 0 Å². The first-order valence-electron chi connectivity index (χ1n) is 6.76. The number of pyridine rings is 2. The summed E-state index contributed by atoms with van der Waals surface area (Å²) in [7, 11) is 4.16. The minimum Gasteiger partial charge on any atom is -0.202 e. The van der Waals surface area contributed by atoms with Crippen LogP contribution in [0.4, 0.5) is 0 Å². The molecule has 0 N–H and O–H groups in total. The zero-order chi connectivity index (χ0) is 13.9. The summed E-state index contributed by atoms with van der Waals surface area (Å²) in [6.07, 6.45) is 6.35. The molecule has 98 valence electrons. The van der Waals surface area contributed by atoms with Crippen LogP contribution in [0.1, 0.15) is 11.4 Å². The van der Waals surface area contributed by atoms with E-state index in [1.165, 1.54) is 22.3 Å². The highest BCUT2D eigenvalue weighted by molar-refractivity contribution is 5.76. The van der Waals surface area contributed by atoms with Gasteiger partial charge in [0.2, 0.25) is 16.9 Å². The van der Waals surface area contributed by atoms with Gasteiger partial charge in [0, 0.05) is 41.8 Å². The minimum atomic E-state index is 1.18. The number of benzene rings is 1. The monoisotopic (exact) mass is 262 g/mol. The molecule has 0 saturated carbocycles. The maximum Gasteiger partial charge on any atom is 0.212 e. The molecule has 2 nitrogen and oxygen atoms in total. The maximum atomic E-state index is 2.22. The fourth-order valence-electron chi connectivity index (χ4n) is 2.41. The summed E-state index contributed by atoms with van der Waals surface area (Å²) in [5.41, 5.74) is 3.61. The van der Waals surface area contributed by atoms with Gasteiger partial charge in [-0.05, 0) is 18.2 Å². The van der Waals surface area contributed by atoms with Gasteiger partial charge in [0.25, 0.3) is 0 Å². The minimum absolute atomic E-state index is 1.18. The van der Waals surface area contributed by atoms with Crippen molar-refractivity contribution in [3.05, 3.63) is 72.2 Å². The van der Waals surface area contributed by atoms with E-state index in [9.17, 15) is 0 Å². The van der Waals surface area contributed by atoms with Gasteiger partial charge < -0.3 is 0 Å². The number of rotatable bonds is 2. The summed E-state index contributed by atoms with van der Waals surface area (Å²) in [4.78, 5) is 0. The Morgan fingerprint density at radius 1 is 0.750 bits per heavy atom. The largest absolute Gasteiger partial charge is 0.212 e. The maximum absolute atomic E-state index is 2.22. The van der Waals surface area contributed by atoms with Crippen molar-refractivity contribution >= 4 is 23.1 Å². The normalized spacial score (nSPS) is 11.3. The number of aromatic nitrogens is 2. The molecule has 0 saturated heterocycles. The second-order valence-corrected chi connectivity index (χ2v) is 4.95. The summed E-state index contributed by atoms with van der Waals surface area (Å²) < 4.78 is 4.33. The molecule has 20 heavy (non-hydrogen) atoms. The predicted molar refractivity (Wildman–Crippen MR) is 81.7 cm³/mol. The zero-order valence-electron chi connectivity index (χ0n) is 11.8. The summed E-state index contributed by atoms with van der Waals surface area (Å²) in [5, 5.41) is 1.26. The Bertz CT molecular complexity index is 788. The van der Waals surface area contributed by atoms with Crippen molar-refractivity contribution in [2.45, 2.75) is 0 Å². The molecule has 2 aromatic heterocycles. The molecule has 3 aromatic rings. The zero-order valence-corrected chi connectivity index (χ0v) is 11.8. The van der Waals surface area contributed by atoms with Gasteiger partial charge in [-0.3, -0.25) is 0 Å². The SMILES string of the molecule is C[n+]1ccccc1C=Cc1ccc2ccccc2[n+]1C. The molecule has 2 heteroatoms. The lowest BCUT2D eigenvalue weighted by atomic mass is 10.2. The first-order chi connectivity index (χ1) is 9.75. The van der Waals surface area contributed by atoms with Gasteiger partial charge in [0.15, 0.2) is 6.20 Å². The molecule has 0 bridgehead atoms. The van der Waals surface area contributed by atoms with Crippen LogP contribution in [0, 0.1) is 0 Å². The average Bonchev–Trinajstić information content (AvgIpc) is 2.48. The van der Waals surface area contributed by atoms with Crippen molar-refractivity contribution in [1.29, 1.82) is 0 Å². The number of fused-ring (bicyclic) bond motifs is 1. The van der Waals surface area contributed by atoms with E-state index >= 15 is 0 Å². The average molecular weight is 262 g/mol. The third kappa shape index (κ3) is 2.32. The highest BCUT2D eigenvalue weighted by Gasteiger charge is 2.09. The Labute approximate surface area is 119 Å². The molecule has 0 unspecified atom stereocenters. The summed E-state index contributed by atoms with van der Waals surface area (Å²) in [6.45, 7) is 0. The number of aryl methyl sites for hydroxylation is 2. The van der Waals surface area contributed by atoms with E-state index in [-0.39, 0.29) is 0 Å². The Morgan fingerprint density at radius 2 is 1.50 bits per heavy atom. The van der Waals surface area contributed by atoms with Crippen LogP contribution in [0.25, 0.3) is 23.1 Å². The second kappa shape index (κ2) is 5.25. The molecule has 3 rings (SSSR count). The smallest absolute Gasteiger partial charge is 0.202 e. The summed E-state index contributed by atoms with van der Waals surface area (Å²) >= 11 is 0. The van der Waals surface area contributed by atoms with Crippen LogP contribution in [0.15, 0.2) is 60.8 Å². The van der Waals surface area contributed by atoms with Crippen LogP contribution in [0.5, 0.6) is 0 Å². The molecule has 0 fully saturated rings. The van der Waals surface area contributed by atoms with Crippen molar-refractivity contribution in [1.82, 2.24) is 0 Å². The van der Waals surface area contributed by atoms with Crippen LogP contribution in [0.3, 0.4) is 0 Å². The fraction of sp³-hybridized carbons (Fsp3) is 0.111. The van der Waals surface area contributed by atoms with Crippen LogP contribution >= 0.6 is 0 Å². The van der Waals surface area contributed by atoms with Gasteiger partial charge in [-0.15, -0.1) is 0 Å². The van der Waals surface area contributed by atoms with Gasteiger partial charge in [-0.1, -0.05) is 12.1 Å². The molecule has 0 aliphatic rings. The lowest BCUT2D eigenvalue weighted by Crippen LogP contribution is -2.33. The predicted octanol–water partition coefficient (Wildman–Crippen LogP) is 2.66. The van der Waals surface area contributed by atoms with Crippen molar-refractivity contribution in [3.63, 3.8) is 0 Å². The lowest BCUT2D eigenvalue weighted by Gasteiger charge is -1.99. The lowest BCUT2D eigenvalue weighted by molar-refractivity contribution is -0.673. The molecule has 0 amide bonds. The highest BCUT2D eigenvalue weighted by Crippen LogP contribution is 2.11. The van der Waals surface area contributed by atoms with Crippen molar-refractivity contribution in [3.8, 4) is 0 Å². The van der Waals surface area contributed by atoms with Crippen molar-refractivity contribution < 1.29 is 9.13 Å². The third-order valence-electron chi connectivity index (χ3n) is 3.64. The van der Waals surface area contributed by atoms with E-state index in [0.29, 0.717) is 0 Å². The van der Waals surface area contributed by atoms with Crippen molar-refractivity contribution in [2.24, 2.45) is 14.1 Å². The van der Waals surface area contributed by atoms with Gasteiger partial charge in [0.1, 0.15) is 14.1 Å². The molecular weight excluding hydrogens is 244 g/mol. The highest BCUT2D eigenvalue weighted by atomic mass is 14.9. The molecule has 0 spiro atoms. The van der Waals surface area contributed by atoms with Gasteiger partial charge in [-0.2, -0.15) is 4.57 Å². The molecular formula is C18H18N2+2. The van der Waals surface area contributed by atoms with Crippen LogP contribution < -0.4 is 9.13 Å². The Balaban J connectivity index is 2.03. The van der Waals surface area contributed by atoms with E-state index < -0.39 is 0 Å². The quantitative estimate of drug-likeness (QED) is 0.627. The third-order valence-corrected chi connectivity index (χ3v) is 3.64. The van der Waals surface area contributed by atoms with Crippen LogP contribution in [-0.4, -0.2) is 0 Å². The molecule has 0 aliphatic heterocycles. The number of hydrogen-bond acceptors (Lipinski definition) is 0. The van der Waals surface area contributed by atoms with Crippen molar-refractivity contribution in [2.75, 3.05) is 0 Å². The van der Waals surface area contributed by atoms with Crippen LogP contribution in [-0.2, 0) is 14.1 Å². The van der Waals surface area contributed by atoms with Gasteiger partial charge >= 0.3 is 0 Å². The molecule has 2 heterocycles. The molecule has 0 atom stereocenters. The first-order valence-corrected chi connectivity index (χ1v) is 6.76. The Hall–Kier alpha value is -2.48. The Kier molecular flexibility index (Phi) is 3.30. The topological polar surface area (TPSA) is 7.76 Å². The summed E-state index contributed by atoms with van der Waals surface area (Å²) in [6, 6.07) is 19.0. The second-order valence-electron chi connectivity index (χ2n) is 4.95. The number of nitrogens with zero attached hydrogens (tertiary/aromatic N) is 2. The van der Waals surface area contributed by atoms with Gasteiger partial charge in [0.05, 0.1) is 0 Å². The molecule has 0 radical (unpaired) electrons. The van der Waals surface area contributed by atoms with E-state index in [2.05, 4.69) is 90.1 Å². The number of para-hydroxylation sites is 1. The fourth-order valence-corrected chi connectivity index (χ4v) is 2.41. The Morgan fingerprint density at radius 3 is 2.35 bits per heavy atom. The van der Waals surface area contributed by atoms with Crippen LogP contribution in [0.2, 0.25) is 0 Å². The van der Waals surface area contributed by atoms with E-state index in [1.54, 1.807) is 0 Å². The molecule has 1 aromatic carbocycles. The number of hydrogen-bond donors (Lipinski definition) is 0. The first kappa shape index (κ1) is 12.5.